The molecule has 0 saturated carbocycles. The minimum atomic E-state index is -3.49. The molecule has 0 unspecified atom stereocenters. The molecule has 1 amide bonds. The number of anilines is 1. The van der Waals surface area contributed by atoms with Gasteiger partial charge < -0.3 is 10.1 Å². The number of amides is 1. The lowest BCUT2D eigenvalue weighted by Gasteiger charge is -2.33. The van der Waals surface area contributed by atoms with Gasteiger partial charge in [0.05, 0.1) is 11.9 Å². The molecule has 7 heteroatoms. The van der Waals surface area contributed by atoms with Crippen molar-refractivity contribution in [1.29, 1.82) is 0 Å². The second-order valence-electron chi connectivity index (χ2n) is 10.0. The largest absolute Gasteiger partial charge is 0.457 e. The van der Waals surface area contributed by atoms with Gasteiger partial charge in [0.2, 0.25) is 15.9 Å². The monoisotopic (exact) mass is 460 g/mol. The van der Waals surface area contributed by atoms with Gasteiger partial charge in [0.15, 0.2) is 0 Å². The second kappa shape index (κ2) is 10.4. The SMILES string of the molecule is CC(C)(C)CC(C)(C)NC(=O)CCCN(c1ccc(Oc2ccccc2)cc1)S(C)(=O)=O. The van der Waals surface area contributed by atoms with Crippen molar-refractivity contribution in [3.63, 3.8) is 0 Å². The summed E-state index contributed by atoms with van der Waals surface area (Å²) in [6, 6.07) is 16.3. The zero-order valence-electron chi connectivity index (χ0n) is 20.0. The first kappa shape index (κ1) is 25.7. The Balaban J connectivity index is 1.97. The van der Waals surface area contributed by atoms with Gasteiger partial charge in [-0.05, 0) is 68.5 Å². The molecular formula is C25H36N2O4S. The Kier molecular flexibility index (Phi) is 8.35. The summed E-state index contributed by atoms with van der Waals surface area (Å²) in [6.07, 6.45) is 2.70. The van der Waals surface area contributed by atoms with Crippen molar-refractivity contribution in [2.75, 3.05) is 17.1 Å². The summed E-state index contributed by atoms with van der Waals surface area (Å²) in [5.74, 6) is 1.26. The number of carbonyl (C=O) groups excluding carboxylic acids is 1. The van der Waals surface area contributed by atoms with Gasteiger partial charge in [-0.25, -0.2) is 8.42 Å². The number of hydrogen-bond acceptors (Lipinski definition) is 4. The maximum absolute atomic E-state index is 12.4. The van der Waals surface area contributed by atoms with Crippen molar-refractivity contribution in [2.45, 2.75) is 59.4 Å². The number of benzene rings is 2. The van der Waals surface area contributed by atoms with Gasteiger partial charge in [0.25, 0.3) is 0 Å². The molecule has 0 aliphatic carbocycles. The van der Waals surface area contributed by atoms with Crippen LogP contribution in [0, 0.1) is 5.41 Å². The van der Waals surface area contributed by atoms with Gasteiger partial charge in [0.1, 0.15) is 11.5 Å². The maximum Gasteiger partial charge on any atom is 0.232 e. The molecule has 0 atom stereocenters. The first-order valence-electron chi connectivity index (χ1n) is 10.9. The fourth-order valence-corrected chi connectivity index (χ4v) is 4.95. The molecule has 2 aromatic rings. The first-order valence-corrected chi connectivity index (χ1v) is 12.7. The molecular weight excluding hydrogens is 424 g/mol. The number of hydrogen-bond donors (Lipinski definition) is 1. The summed E-state index contributed by atoms with van der Waals surface area (Å²) in [5.41, 5.74) is 0.321. The number of carbonyl (C=O) groups is 1. The lowest BCUT2D eigenvalue weighted by atomic mass is 9.82. The van der Waals surface area contributed by atoms with Crippen LogP contribution < -0.4 is 14.4 Å². The van der Waals surface area contributed by atoms with Crippen LogP contribution in [0.5, 0.6) is 11.5 Å². The van der Waals surface area contributed by atoms with E-state index in [9.17, 15) is 13.2 Å². The van der Waals surface area contributed by atoms with Crippen molar-refractivity contribution in [1.82, 2.24) is 5.32 Å². The minimum absolute atomic E-state index is 0.0701. The van der Waals surface area contributed by atoms with E-state index in [1.165, 1.54) is 10.6 Å². The van der Waals surface area contributed by atoms with Crippen LogP contribution in [0.4, 0.5) is 5.69 Å². The van der Waals surface area contributed by atoms with Crippen molar-refractivity contribution >= 4 is 21.6 Å². The Hall–Kier alpha value is -2.54. The molecule has 1 N–H and O–H groups in total. The van der Waals surface area contributed by atoms with Crippen molar-refractivity contribution in [3.8, 4) is 11.5 Å². The Bertz CT molecular complexity index is 979. The standard InChI is InChI=1S/C25H36N2O4S/c1-24(2,3)19-25(4,5)26-23(28)13-10-18-27(32(6,29)30)20-14-16-22(17-15-20)31-21-11-8-7-9-12-21/h7-9,11-12,14-17H,10,13,18-19H2,1-6H3,(H,26,28). The Morgan fingerprint density at radius 1 is 0.938 bits per heavy atom. The molecule has 0 aliphatic heterocycles. The molecule has 2 aromatic carbocycles. The minimum Gasteiger partial charge on any atom is -0.457 e. The molecule has 0 fully saturated rings. The van der Waals surface area contributed by atoms with Gasteiger partial charge in [-0.15, -0.1) is 0 Å². The molecule has 0 radical (unpaired) electrons. The van der Waals surface area contributed by atoms with E-state index in [1.807, 2.05) is 44.2 Å². The van der Waals surface area contributed by atoms with Gasteiger partial charge in [0, 0.05) is 18.5 Å². The van der Waals surface area contributed by atoms with E-state index >= 15 is 0 Å². The topological polar surface area (TPSA) is 75.7 Å². The van der Waals surface area contributed by atoms with Crippen molar-refractivity contribution in [3.05, 3.63) is 54.6 Å². The maximum atomic E-state index is 12.4. The van der Waals surface area contributed by atoms with Crippen LogP contribution in [0.2, 0.25) is 0 Å². The fraction of sp³-hybridized carbons (Fsp3) is 0.480. The predicted molar refractivity (Wildman–Crippen MR) is 131 cm³/mol. The third-order valence-corrected chi connectivity index (χ3v) is 5.91. The second-order valence-corrected chi connectivity index (χ2v) is 11.9. The summed E-state index contributed by atoms with van der Waals surface area (Å²) < 4.78 is 31.8. The third kappa shape index (κ3) is 8.91. The average Bonchev–Trinajstić information content (AvgIpc) is 2.63. The molecule has 0 spiro atoms. The Morgan fingerprint density at radius 3 is 2.03 bits per heavy atom. The van der Waals surface area contributed by atoms with E-state index in [1.54, 1.807) is 24.3 Å². The number of rotatable bonds is 10. The molecule has 6 nitrogen and oxygen atoms in total. The van der Waals surface area contributed by atoms with Gasteiger partial charge in [-0.2, -0.15) is 0 Å². The van der Waals surface area contributed by atoms with E-state index in [2.05, 4.69) is 26.1 Å². The summed E-state index contributed by atoms with van der Waals surface area (Å²) in [4.78, 5) is 12.4. The Morgan fingerprint density at radius 2 is 1.50 bits per heavy atom. The smallest absolute Gasteiger partial charge is 0.232 e. The molecule has 0 heterocycles. The molecule has 0 aliphatic rings. The van der Waals surface area contributed by atoms with Gasteiger partial charge in [-0.1, -0.05) is 39.0 Å². The summed E-state index contributed by atoms with van der Waals surface area (Å²) >= 11 is 0. The van der Waals surface area contributed by atoms with Crippen LogP contribution in [0.25, 0.3) is 0 Å². The highest BCUT2D eigenvalue weighted by atomic mass is 32.2. The van der Waals surface area contributed by atoms with Gasteiger partial charge >= 0.3 is 0 Å². The molecule has 2 rings (SSSR count). The number of nitrogens with zero attached hydrogens (tertiary/aromatic N) is 1. The molecule has 32 heavy (non-hydrogen) atoms. The lowest BCUT2D eigenvalue weighted by molar-refractivity contribution is -0.123. The summed E-state index contributed by atoms with van der Waals surface area (Å²) in [6.45, 7) is 10.7. The highest BCUT2D eigenvalue weighted by molar-refractivity contribution is 7.92. The normalized spacial score (nSPS) is 12.3. The van der Waals surface area contributed by atoms with E-state index < -0.39 is 10.0 Å². The zero-order valence-corrected chi connectivity index (χ0v) is 20.8. The van der Waals surface area contributed by atoms with Crippen molar-refractivity contribution in [2.24, 2.45) is 5.41 Å². The first-order chi connectivity index (χ1) is 14.8. The van der Waals surface area contributed by atoms with Crippen LogP contribution in [0.1, 0.15) is 53.9 Å². The average molecular weight is 461 g/mol. The highest BCUT2D eigenvalue weighted by Crippen LogP contribution is 2.27. The quantitative estimate of drug-likeness (QED) is 0.518. The molecule has 0 aromatic heterocycles. The van der Waals surface area contributed by atoms with Crippen LogP contribution in [-0.2, 0) is 14.8 Å². The highest BCUT2D eigenvalue weighted by Gasteiger charge is 2.27. The number of para-hydroxylation sites is 1. The molecule has 176 valence electrons. The lowest BCUT2D eigenvalue weighted by Crippen LogP contribution is -2.46. The van der Waals surface area contributed by atoms with E-state index in [0.29, 0.717) is 23.6 Å². The van der Waals surface area contributed by atoms with Gasteiger partial charge in [-0.3, -0.25) is 9.10 Å². The number of sulfonamides is 1. The van der Waals surface area contributed by atoms with E-state index in [-0.39, 0.29) is 29.8 Å². The van der Waals surface area contributed by atoms with Crippen molar-refractivity contribution < 1.29 is 17.9 Å². The number of ether oxygens (including phenoxy) is 1. The molecule has 0 bridgehead atoms. The summed E-state index contributed by atoms with van der Waals surface area (Å²) in [5, 5.41) is 3.07. The van der Waals surface area contributed by atoms with Crippen LogP contribution in [-0.4, -0.2) is 32.7 Å². The predicted octanol–water partition coefficient (Wildman–Crippen LogP) is 5.36. The molecule has 0 saturated heterocycles. The van der Waals surface area contributed by atoms with Crippen LogP contribution in [0.15, 0.2) is 54.6 Å². The Labute approximate surface area is 193 Å². The fourth-order valence-electron chi connectivity index (χ4n) is 3.98. The van der Waals surface area contributed by atoms with E-state index in [0.717, 1.165) is 6.42 Å². The van der Waals surface area contributed by atoms with Crippen LogP contribution >= 0.6 is 0 Å². The zero-order chi connectivity index (χ0) is 24.0. The van der Waals surface area contributed by atoms with Crippen LogP contribution in [0.3, 0.4) is 0 Å². The third-order valence-electron chi connectivity index (χ3n) is 4.72. The summed E-state index contributed by atoms with van der Waals surface area (Å²) in [7, 11) is -3.49. The number of nitrogens with one attached hydrogen (secondary N) is 1. The van der Waals surface area contributed by atoms with E-state index in [4.69, 9.17) is 4.74 Å².